The molecule has 2 aromatic carbocycles. The summed E-state index contributed by atoms with van der Waals surface area (Å²) < 4.78 is 0. The number of rotatable bonds is 3. The Morgan fingerprint density at radius 2 is 1.95 bits per heavy atom. The third-order valence-electron chi connectivity index (χ3n) is 3.02. The van der Waals surface area contributed by atoms with Crippen LogP contribution in [0.15, 0.2) is 42.5 Å². The van der Waals surface area contributed by atoms with E-state index in [1.54, 1.807) is 42.3 Å². The zero-order chi connectivity index (χ0) is 15.4. The lowest BCUT2D eigenvalue weighted by atomic mass is 10.1. The van der Waals surface area contributed by atoms with Crippen LogP contribution < -0.4 is 5.73 Å². The van der Waals surface area contributed by atoms with Crippen LogP contribution in [0, 0.1) is 11.3 Å². The van der Waals surface area contributed by atoms with Crippen molar-refractivity contribution in [3.05, 3.63) is 64.2 Å². The van der Waals surface area contributed by atoms with Gasteiger partial charge in [0.2, 0.25) is 0 Å². The van der Waals surface area contributed by atoms with E-state index in [4.69, 9.17) is 22.6 Å². The zero-order valence-electron chi connectivity index (χ0n) is 11.5. The molecule has 21 heavy (non-hydrogen) atoms. The molecule has 0 atom stereocenters. The fourth-order valence-electron chi connectivity index (χ4n) is 1.99. The van der Waals surface area contributed by atoms with Crippen molar-refractivity contribution < 1.29 is 4.79 Å². The number of carbonyl (C=O) groups excluding carboxylic acids is 1. The Morgan fingerprint density at radius 1 is 1.29 bits per heavy atom. The number of anilines is 1. The molecular formula is C16H14ClN3O. The van der Waals surface area contributed by atoms with Gasteiger partial charge in [0.05, 0.1) is 11.6 Å². The standard InChI is InChI=1S/C16H14ClN3O/c1-20(10-12-4-2-11(9-18)3-5-12)16(21)13-6-14(17)8-15(19)7-13/h2-8H,10,19H2,1H3. The quantitative estimate of drug-likeness (QED) is 0.885. The minimum Gasteiger partial charge on any atom is -0.399 e. The van der Waals surface area contributed by atoms with Crippen molar-refractivity contribution in [1.29, 1.82) is 5.26 Å². The number of nitriles is 1. The Bertz CT molecular complexity index is 684. The van der Waals surface area contributed by atoms with E-state index in [1.165, 1.54) is 0 Å². The molecule has 0 fully saturated rings. The molecule has 0 radical (unpaired) electrons. The molecule has 0 aliphatic heterocycles. The van der Waals surface area contributed by atoms with Gasteiger partial charge in [0, 0.05) is 29.9 Å². The maximum atomic E-state index is 12.3. The summed E-state index contributed by atoms with van der Waals surface area (Å²) in [6.45, 7) is 0.441. The summed E-state index contributed by atoms with van der Waals surface area (Å²) >= 11 is 5.91. The maximum Gasteiger partial charge on any atom is 0.254 e. The first-order valence-electron chi connectivity index (χ1n) is 6.30. The summed E-state index contributed by atoms with van der Waals surface area (Å²) in [4.78, 5) is 13.9. The van der Waals surface area contributed by atoms with Gasteiger partial charge in [-0.15, -0.1) is 0 Å². The van der Waals surface area contributed by atoms with Gasteiger partial charge in [0.1, 0.15) is 0 Å². The average molecular weight is 300 g/mol. The number of hydrogen-bond acceptors (Lipinski definition) is 3. The molecule has 0 unspecified atom stereocenters. The molecule has 2 rings (SSSR count). The zero-order valence-corrected chi connectivity index (χ0v) is 12.3. The number of halogens is 1. The van der Waals surface area contributed by atoms with Gasteiger partial charge >= 0.3 is 0 Å². The largest absolute Gasteiger partial charge is 0.399 e. The second kappa shape index (κ2) is 6.29. The van der Waals surface area contributed by atoms with Crippen molar-refractivity contribution in [2.45, 2.75) is 6.54 Å². The maximum absolute atomic E-state index is 12.3. The Labute approximate surface area is 128 Å². The minimum atomic E-state index is -0.159. The summed E-state index contributed by atoms with van der Waals surface area (Å²) in [5, 5.41) is 9.20. The minimum absolute atomic E-state index is 0.159. The molecular weight excluding hydrogens is 286 g/mol. The Kier molecular flexibility index (Phi) is 4.46. The highest BCUT2D eigenvalue weighted by Gasteiger charge is 2.13. The molecule has 0 saturated carbocycles. The van der Waals surface area contributed by atoms with Gasteiger partial charge in [-0.1, -0.05) is 23.7 Å². The third kappa shape index (κ3) is 3.74. The van der Waals surface area contributed by atoms with Gasteiger partial charge < -0.3 is 10.6 Å². The summed E-state index contributed by atoms with van der Waals surface area (Å²) in [5.41, 5.74) is 8.14. The number of nitrogen functional groups attached to an aromatic ring is 1. The molecule has 0 saturated heterocycles. The average Bonchev–Trinajstić information content (AvgIpc) is 2.46. The Hall–Kier alpha value is -2.51. The van der Waals surface area contributed by atoms with E-state index in [1.807, 2.05) is 12.1 Å². The van der Waals surface area contributed by atoms with E-state index >= 15 is 0 Å². The van der Waals surface area contributed by atoms with Gasteiger partial charge in [-0.3, -0.25) is 4.79 Å². The molecule has 0 aliphatic rings. The SMILES string of the molecule is CN(Cc1ccc(C#N)cc1)C(=O)c1cc(N)cc(Cl)c1. The van der Waals surface area contributed by atoms with Crippen LogP contribution in [0.5, 0.6) is 0 Å². The van der Waals surface area contributed by atoms with E-state index in [-0.39, 0.29) is 5.91 Å². The van der Waals surface area contributed by atoms with Crippen LogP contribution in [0.3, 0.4) is 0 Å². The first-order chi connectivity index (χ1) is 9.99. The lowest BCUT2D eigenvalue weighted by molar-refractivity contribution is 0.0785. The van der Waals surface area contributed by atoms with Gasteiger partial charge in [-0.2, -0.15) is 5.26 Å². The molecule has 1 amide bonds. The van der Waals surface area contributed by atoms with Crippen LogP contribution in [0.2, 0.25) is 5.02 Å². The lowest BCUT2D eigenvalue weighted by Crippen LogP contribution is -2.26. The van der Waals surface area contributed by atoms with Crippen molar-refractivity contribution in [3.63, 3.8) is 0 Å². The molecule has 106 valence electrons. The predicted octanol–water partition coefficient (Wildman–Crippen LogP) is 3.07. The lowest BCUT2D eigenvalue weighted by Gasteiger charge is -2.18. The van der Waals surface area contributed by atoms with Gasteiger partial charge in [-0.25, -0.2) is 0 Å². The van der Waals surface area contributed by atoms with Crippen molar-refractivity contribution in [2.75, 3.05) is 12.8 Å². The Morgan fingerprint density at radius 3 is 2.52 bits per heavy atom. The molecule has 0 spiro atoms. The van der Waals surface area contributed by atoms with Crippen LogP contribution in [-0.2, 0) is 6.54 Å². The third-order valence-corrected chi connectivity index (χ3v) is 3.23. The molecule has 4 nitrogen and oxygen atoms in total. The molecule has 0 aliphatic carbocycles. The second-order valence-corrected chi connectivity index (χ2v) is 5.18. The molecule has 5 heteroatoms. The second-order valence-electron chi connectivity index (χ2n) is 4.74. The van der Waals surface area contributed by atoms with Crippen molar-refractivity contribution in [3.8, 4) is 6.07 Å². The highest BCUT2D eigenvalue weighted by atomic mass is 35.5. The number of amides is 1. The fourth-order valence-corrected chi connectivity index (χ4v) is 2.23. The summed E-state index contributed by atoms with van der Waals surface area (Å²) in [6, 6.07) is 14.0. The Balaban J connectivity index is 2.13. The van der Waals surface area contributed by atoms with Crippen LogP contribution in [-0.4, -0.2) is 17.9 Å². The van der Waals surface area contributed by atoms with E-state index in [0.29, 0.717) is 28.4 Å². The van der Waals surface area contributed by atoms with E-state index in [2.05, 4.69) is 6.07 Å². The normalized spacial score (nSPS) is 9.95. The van der Waals surface area contributed by atoms with Crippen LogP contribution in [0.1, 0.15) is 21.5 Å². The monoisotopic (exact) mass is 299 g/mol. The molecule has 0 heterocycles. The topological polar surface area (TPSA) is 70.1 Å². The van der Waals surface area contributed by atoms with Crippen LogP contribution in [0.25, 0.3) is 0 Å². The number of nitrogens with zero attached hydrogens (tertiary/aromatic N) is 2. The van der Waals surface area contributed by atoms with E-state index in [0.717, 1.165) is 5.56 Å². The predicted molar refractivity (Wildman–Crippen MR) is 82.8 cm³/mol. The summed E-state index contributed by atoms with van der Waals surface area (Å²) in [6.07, 6.45) is 0. The van der Waals surface area contributed by atoms with Crippen LogP contribution in [0.4, 0.5) is 5.69 Å². The number of carbonyl (C=O) groups is 1. The van der Waals surface area contributed by atoms with Crippen molar-refractivity contribution >= 4 is 23.2 Å². The highest BCUT2D eigenvalue weighted by molar-refractivity contribution is 6.31. The smallest absolute Gasteiger partial charge is 0.254 e. The van der Waals surface area contributed by atoms with Gasteiger partial charge in [0.25, 0.3) is 5.91 Å². The fraction of sp³-hybridized carbons (Fsp3) is 0.125. The van der Waals surface area contributed by atoms with Gasteiger partial charge in [-0.05, 0) is 35.9 Å². The van der Waals surface area contributed by atoms with Crippen LogP contribution >= 0.6 is 11.6 Å². The number of hydrogen-bond donors (Lipinski definition) is 1. The first kappa shape index (κ1) is 14.9. The molecule has 0 aromatic heterocycles. The number of nitrogens with two attached hydrogens (primary N) is 1. The first-order valence-corrected chi connectivity index (χ1v) is 6.68. The van der Waals surface area contributed by atoms with Crippen molar-refractivity contribution in [1.82, 2.24) is 4.90 Å². The molecule has 2 aromatic rings. The summed E-state index contributed by atoms with van der Waals surface area (Å²) in [7, 11) is 1.71. The highest BCUT2D eigenvalue weighted by Crippen LogP contribution is 2.18. The van der Waals surface area contributed by atoms with Crippen molar-refractivity contribution in [2.24, 2.45) is 0 Å². The van der Waals surface area contributed by atoms with E-state index < -0.39 is 0 Å². The molecule has 0 bridgehead atoms. The summed E-state index contributed by atoms with van der Waals surface area (Å²) in [5.74, 6) is -0.159. The number of benzene rings is 2. The molecule has 2 N–H and O–H groups in total. The van der Waals surface area contributed by atoms with E-state index in [9.17, 15) is 4.79 Å². The van der Waals surface area contributed by atoms with Gasteiger partial charge in [0.15, 0.2) is 0 Å².